The topological polar surface area (TPSA) is 53.7 Å². The zero-order valence-electron chi connectivity index (χ0n) is 10.3. The first-order valence-corrected chi connectivity index (χ1v) is 5.92. The Morgan fingerprint density at radius 1 is 1.24 bits per heavy atom. The standard InChI is InChI=1S/C13H19NO3/c1-3-16-9-4-6-10(7-5-9)17-12-8-11(14)13(12)15-2/h4-7,11-13H,3,8,14H2,1-2H3. The molecule has 4 nitrogen and oxygen atoms in total. The lowest BCUT2D eigenvalue weighted by Crippen LogP contribution is -2.59. The van der Waals surface area contributed by atoms with E-state index in [1.807, 2.05) is 31.2 Å². The van der Waals surface area contributed by atoms with Crippen LogP contribution in [0, 0.1) is 0 Å². The second kappa shape index (κ2) is 5.38. The SMILES string of the molecule is CCOc1ccc(OC2CC(N)C2OC)cc1. The molecule has 3 atom stereocenters. The van der Waals surface area contributed by atoms with Crippen molar-refractivity contribution < 1.29 is 14.2 Å². The maximum Gasteiger partial charge on any atom is 0.128 e. The van der Waals surface area contributed by atoms with Gasteiger partial charge < -0.3 is 19.9 Å². The lowest BCUT2D eigenvalue weighted by molar-refractivity contribution is -0.0782. The molecule has 0 radical (unpaired) electrons. The highest BCUT2D eigenvalue weighted by atomic mass is 16.5. The van der Waals surface area contributed by atoms with Gasteiger partial charge in [-0.15, -0.1) is 0 Å². The summed E-state index contributed by atoms with van der Waals surface area (Å²) >= 11 is 0. The van der Waals surface area contributed by atoms with E-state index in [9.17, 15) is 0 Å². The van der Waals surface area contributed by atoms with E-state index in [1.165, 1.54) is 0 Å². The van der Waals surface area contributed by atoms with Gasteiger partial charge in [0, 0.05) is 19.6 Å². The summed E-state index contributed by atoms with van der Waals surface area (Å²) in [4.78, 5) is 0. The number of ether oxygens (including phenoxy) is 3. The highest BCUT2D eigenvalue weighted by molar-refractivity contribution is 5.31. The normalized spacial score (nSPS) is 27.4. The van der Waals surface area contributed by atoms with E-state index >= 15 is 0 Å². The van der Waals surface area contributed by atoms with Crippen LogP contribution < -0.4 is 15.2 Å². The van der Waals surface area contributed by atoms with Crippen LogP contribution in [-0.2, 0) is 4.74 Å². The predicted molar refractivity (Wildman–Crippen MR) is 65.4 cm³/mol. The summed E-state index contributed by atoms with van der Waals surface area (Å²) < 4.78 is 16.4. The molecule has 1 saturated carbocycles. The number of nitrogens with two attached hydrogens (primary N) is 1. The lowest BCUT2D eigenvalue weighted by Gasteiger charge is -2.40. The Kier molecular flexibility index (Phi) is 3.86. The Balaban J connectivity index is 1.91. The fraction of sp³-hybridized carbons (Fsp3) is 0.538. The molecule has 3 unspecified atom stereocenters. The van der Waals surface area contributed by atoms with E-state index in [0.717, 1.165) is 17.9 Å². The minimum atomic E-state index is 0.00145. The van der Waals surface area contributed by atoms with Crippen molar-refractivity contribution in [2.45, 2.75) is 31.6 Å². The smallest absolute Gasteiger partial charge is 0.128 e. The van der Waals surface area contributed by atoms with Gasteiger partial charge >= 0.3 is 0 Å². The van der Waals surface area contributed by atoms with Crippen LogP contribution in [0.2, 0.25) is 0 Å². The van der Waals surface area contributed by atoms with Crippen LogP contribution in [0.25, 0.3) is 0 Å². The molecule has 1 aromatic carbocycles. The quantitative estimate of drug-likeness (QED) is 0.844. The van der Waals surface area contributed by atoms with E-state index in [4.69, 9.17) is 19.9 Å². The molecule has 1 aliphatic rings. The van der Waals surface area contributed by atoms with Crippen molar-refractivity contribution in [2.75, 3.05) is 13.7 Å². The van der Waals surface area contributed by atoms with Gasteiger partial charge in [-0.05, 0) is 31.2 Å². The van der Waals surface area contributed by atoms with E-state index in [2.05, 4.69) is 0 Å². The molecule has 1 aromatic rings. The minimum absolute atomic E-state index is 0.00145. The highest BCUT2D eigenvalue weighted by Gasteiger charge is 2.40. The third-order valence-corrected chi connectivity index (χ3v) is 2.99. The second-order valence-electron chi connectivity index (χ2n) is 4.16. The summed E-state index contributed by atoms with van der Waals surface area (Å²) in [5.41, 5.74) is 5.82. The van der Waals surface area contributed by atoms with Gasteiger partial charge in [-0.25, -0.2) is 0 Å². The average molecular weight is 237 g/mol. The fourth-order valence-electron chi connectivity index (χ4n) is 2.01. The third kappa shape index (κ3) is 2.70. The number of rotatable bonds is 5. The Labute approximate surface area is 102 Å². The van der Waals surface area contributed by atoms with Crippen molar-refractivity contribution >= 4 is 0 Å². The first-order chi connectivity index (χ1) is 8.24. The van der Waals surface area contributed by atoms with Crippen molar-refractivity contribution in [3.8, 4) is 11.5 Å². The second-order valence-corrected chi connectivity index (χ2v) is 4.16. The molecule has 1 fully saturated rings. The zero-order valence-corrected chi connectivity index (χ0v) is 10.3. The molecule has 0 amide bonds. The van der Waals surface area contributed by atoms with Gasteiger partial charge in [0.2, 0.25) is 0 Å². The van der Waals surface area contributed by atoms with Gasteiger partial charge in [0.1, 0.15) is 23.7 Å². The molecule has 0 bridgehead atoms. The van der Waals surface area contributed by atoms with E-state index < -0.39 is 0 Å². The van der Waals surface area contributed by atoms with Crippen molar-refractivity contribution in [1.82, 2.24) is 0 Å². The van der Waals surface area contributed by atoms with Gasteiger partial charge in [0.15, 0.2) is 0 Å². The largest absolute Gasteiger partial charge is 0.494 e. The maximum atomic E-state index is 5.82. The minimum Gasteiger partial charge on any atom is -0.494 e. The molecule has 2 rings (SSSR count). The molecule has 0 heterocycles. The van der Waals surface area contributed by atoms with Crippen LogP contribution in [0.4, 0.5) is 0 Å². The third-order valence-electron chi connectivity index (χ3n) is 2.99. The van der Waals surface area contributed by atoms with Crippen molar-refractivity contribution in [3.63, 3.8) is 0 Å². The highest BCUT2D eigenvalue weighted by Crippen LogP contribution is 2.28. The summed E-state index contributed by atoms with van der Waals surface area (Å²) in [6, 6.07) is 7.70. The summed E-state index contributed by atoms with van der Waals surface area (Å²) in [7, 11) is 1.66. The summed E-state index contributed by atoms with van der Waals surface area (Å²) in [6.07, 6.45) is 0.903. The summed E-state index contributed by atoms with van der Waals surface area (Å²) in [5, 5.41) is 0. The number of hydrogen-bond acceptors (Lipinski definition) is 4. The molecule has 0 saturated heterocycles. The molecular weight excluding hydrogens is 218 g/mol. The van der Waals surface area contributed by atoms with Gasteiger partial charge in [-0.2, -0.15) is 0 Å². The molecule has 0 spiro atoms. The molecule has 1 aliphatic carbocycles. The monoisotopic (exact) mass is 237 g/mol. The number of methoxy groups -OCH3 is 1. The molecular formula is C13H19NO3. The molecule has 0 aromatic heterocycles. The van der Waals surface area contributed by atoms with Crippen LogP contribution in [-0.4, -0.2) is 32.0 Å². The van der Waals surface area contributed by atoms with E-state index in [-0.39, 0.29) is 18.2 Å². The predicted octanol–water partition coefficient (Wildman–Crippen LogP) is 1.58. The van der Waals surface area contributed by atoms with Crippen molar-refractivity contribution in [2.24, 2.45) is 5.73 Å². The van der Waals surface area contributed by atoms with Crippen LogP contribution in [0.15, 0.2) is 24.3 Å². The van der Waals surface area contributed by atoms with Crippen molar-refractivity contribution in [1.29, 1.82) is 0 Å². The first kappa shape index (κ1) is 12.2. The molecule has 17 heavy (non-hydrogen) atoms. The molecule has 94 valence electrons. The maximum absolute atomic E-state index is 5.82. The van der Waals surface area contributed by atoms with Gasteiger partial charge in [0.05, 0.1) is 6.61 Å². The Bertz CT molecular complexity index is 352. The lowest BCUT2D eigenvalue weighted by atomic mass is 9.86. The Hall–Kier alpha value is -1.26. The van der Waals surface area contributed by atoms with E-state index in [1.54, 1.807) is 7.11 Å². The number of benzene rings is 1. The molecule has 4 heteroatoms. The average Bonchev–Trinajstić information content (AvgIpc) is 2.31. The van der Waals surface area contributed by atoms with Crippen LogP contribution in [0.1, 0.15) is 13.3 Å². The fourth-order valence-corrected chi connectivity index (χ4v) is 2.01. The van der Waals surface area contributed by atoms with Gasteiger partial charge in [-0.3, -0.25) is 0 Å². The number of hydrogen-bond donors (Lipinski definition) is 1. The first-order valence-electron chi connectivity index (χ1n) is 5.92. The van der Waals surface area contributed by atoms with Crippen LogP contribution in [0.5, 0.6) is 11.5 Å². The zero-order chi connectivity index (χ0) is 12.3. The molecule has 2 N–H and O–H groups in total. The Morgan fingerprint density at radius 2 is 1.88 bits per heavy atom. The summed E-state index contributed by atoms with van der Waals surface area (Å²) in [6.45, 7) is 2.63. The summed E-state index contributed by atoms with van der Waals surface area (Å²) in [5.74, 6) is 1.68. The Morgan fingerprint density at radius 3 is 2.41 bits per heavy atom. The van der Waals surface area contributed by atoms with Crippen LogP contribution in [0.3, 0.4) is 0 Å². The van der Waals surface area contributed by atoms with Gasteiger partial charge in [-0.1, -0.05) is 0 Å². The van der Waals surface area contributed by atoms with E-state index in [0.29, 0.717) is 6.61 Å². The van der Waals surface area contributed by atoms with Gasteiger partial charge in [0.25, 0.3) is 0 Å². The molecule has 0 aliphatic heterocycles. The van der Waals surface area contributed by atoms with Crippen molar-refractivity contribution in [3.05, 3.63) is 24.3 Å². The van der Waals surface area contributed by atoms with Crippen LogP contribution >= 0.6 is 0 Å².